The second kappa shape index (κ2) is 6.84. The molecule has 0 N–H and O–H groups in total. The summed E-state index contributed by atoms with van der Waals surface area (Å²) >= 11 is 0. The highest BCUT2D eigenvalue weighted by atomic mass is 16.2. The maximum Gasteiger partial charge on any atom is 0.155 e. The molecular weight excluding hydrogens is 344 g/mol. The Bertz CT molecular complexity index is 943. The van der Waals surface area contributed by atoms with Gasteiger partial charge in [-0.2, -0.15) is 0 Å². The number of hydrogen-bond acceptors (Lipinski definition) is 2. The van der Waals surface area contributed by atoms with Crippen molar-refractivity contribution in [3.8, 4) is 0 Å². The molecule has 2 aromatic rings. The second-order valence-electron chi connectivity index (χ2n) is 8.98. The van der Waals surface area contributed by atoms with Gasteiger partial charge in [-0.05, 0) is 46.1 Å². The van der Waals surface area contributed by atoms with E-state index in [1.165, 1.54) is 5.57 Å². The zero-order valence-electron chi connectivity index (χ0n) is 17.0. The number of carbonyl (C=O) groups is 2. The first kappa shape index (κ1) is 18.9. The molecule has 1 saturated carbocycles. The van der Waals surface area contributed by atoms with E-state index < -0.39 is 5.41 Å². The monoisotopic (exact) mass is 372 g/mol. The normalized spacial score (nSPS) is 20.0. The molecule has 144 valence electrons. The molecule has 0 aromatic heterocycles. The lowest BCUT2D eigenvalue weighted by Crippen LogP contribution is -2.50. The number of Topliss-reactive ketones (excluding diaryl/α,β-unsaturated/α-hetero) is 2. The predicted molar refractivity (Wildman–Crippen MR) is 114 cm³/mol. The van der Waals surface area contributed by atoms with Gasteiger partial charge in [0, 0.05) is 12.8 Å². The van der Waals surface area contributed by atoms with E-state index in [-0.39, 0.29) is 17.0 Å². The second-order valence-corrected chi connectivity index (χ2v) is 8.98. The molecule has 2 aliphatic rings. The van der Waals surface area contributed by atoms with Gasteiger partial charge in [0.05, 0.1) is 0 Å². The predicted octanol–water partition coefficient (Wildman–Crippen LogP) is 6.00. The van der Waals surface area contributed by atoms with Crippen LogP contribution in [0.2, 0.25) is 0 Å². The Hall–Kier alpha value is -2.48. The number of carbonyl (C=O) groups excluding carboxylic acids is 2. The average molecular weight is 373 g/mol. The van der Waals surface area contributed by atoms with Crippen LogP contribution in [0.15, 0.2) is 54.6 Å². The minimum absolute atomic E-state index is 0.0616. The standard InChI is InChI=1S/C26H28O2/c1-4-5-13-20-19-14-9-10-15-21(19)26(24(20)18-11-7-6-8-12-18)22(27)16-25(2,3)17-23(26)28/h6-12,14-15H,4-5,13,16-17H2,1-3H3. The maximum absolute atomic E-state index is 13.8. The molecule has 0 radical (unpaired) electrons. The molecule has 0 unspecified atom stereocenters. The zero-order valence-corrected chi connectivity index (χ0v) is 17.0. The molecule has 2 aliphatic carbocycles. The first-order valence-corrected chi connectivity index (χ1v) is 10.4. The van der Waals surface area contributed by atoms with Gasteiger partial charge >= 0.3 is 0 Å². The largest absolute Gasteiger partial charge is 0.298 e. The molecule has 1 spiro atoms. The molecule has 0 saturated heterocycles. The van der Waals surface area contributed by atoms with Gasteiger partial charge in [-0.3, -0.25) is 9.59 Å². The van der Waals surface area contributed by atoms with Gasteiger partial charge in [-0.15, -0.1) is 0 Å². The van der Waals surface area contributed by atoms with Crippen molar-refractivity contribution in [2.24, 2.45) is 5.41 Å². The number of ketones is 2. The summed E-state index contributed by atoms with van der Waals surface area (Å²) in [6.45, 7) is 6.24. The Morgan fingerprint density at radius 1 is 0.857 bits per heavy atom. The van der Waals surface area contributed by atoms with Crippen molar-refractivity contribution in [3.05, 3.63) is 71.3 Å². The van der Waals surface area contributed by atoms with Crippen molar-refractivity contribution in [1.29, 1.82) is 0 Å². The maximum atomic E-state index is 13.8. The van der Waals surface area contributed by atoms with Crippen molar-refractivity contribution in [2.45, 2.75) is 58.3 Å². The van der Waals surface area contributed by atoms with Crippen molar-refractivity contribution in [3.63, 3.8) is 0 Å². The highest BCUT2D eigenvalue weighted by molar-refractivity contribution is 6.30. The first-order chi connectivity index (χ1) is 13.4. The van der Waals surface area contributed by atoms with E-state index in [9.17, 15) is 9.59 Å². The highest BCUT2D eigenvalue weighted by Crippen LogP contribution is 2.57. The molecule has 28 heavy (non-hydrogen) atoms. The van der Waals surface area contributed by atoms with Crippen LogP contribution < -0.4 is 0 Å². The third-order valence-corrected chi connectivity index (χ3v) is 6.29. The fourth-order valence-corrected chi connectivity index (χ4v) is 5.11. The third-order valence-electron chi connectivity index (χ3n) is 6.29. The quantitative estimate of drug-likeness (QED) is 0.617. The van der Waals surface area contributed by atoms with Crippen molar-refractivity contribution in [2.75, 3.05) is 0 Å². The Balaban J connectivity index is 2.04. The summed E-state index contributed by atoms with van der Waals surface area (Å²) in [7, 11) is 0. The van der Waals surface area contributed by atoms with E-state index in [0.29, 0.717) is 12.8 Å². The molecule has 0 bridgehead atoms. The van der Waals surface area contributed by atoms with Gasteiger partial charge in [-0.1, -0.05) is 81.8 Å². The summed E-state index contributed by atoms with van der Waals surface area (Å²) in [4.78, 5) is 27.5. The number of unbranched alkanes of at least 4 members (excludes halogenated alkanes) is 1. The first-order valence-electron chi connectivity index (χ1n) is 10.4. The summed E-state index contributed by atoms with van der Waals surface area (Å²) in [5, 5.41) is 0. The lowest BCUT2D eigenvalue weighted by molar-refractivity contribution is -0.139. The molecule has 0 amide bonds. The van der Waals surface area contributed by atoms with E-state index in [2.05, 4.69) is 25.1 Å². The third kappa shape index (κ3) is 2.70. The van der Waals surface area contributed by atoms with E-state index in [1.54, 1.807) is 0 Å². The minimum Gasteiger partial charge on any atom is -0.298 e. The fourth-order valence-electron chi connectivity index (χ4n) is 5.11. The smallest absolute Gasteiger partial charge is 0.155 e. The van der Waals surface area contributed by atoms with Crippen molar-refractivity contribution >= 4 is 22.7 Å². The van der Waals surface area contributed by atoms with Crippen LogP contribution in [0.4, 0.5) is 0 Å². The van der Waals surface area contributed by atoms with E-state index in [0.717, 1.165) is 41.5 Å². The molecule has 0 aliphatic heterocycles. The Morgan fingerprint density at radius 3 is 2.11 bits per heavy atom. The highest BCUT2D eigenvalue weighted by Gasteiger charge is 2.59. The molecular formula is C26H28O2. The average Bonchev–Trinajstić information content (AvgIpc) is 2.96. The van der Waals surface area contributed by atoms with Gasteiger partial charge < -0.3 is 0 Å². The van der Waals surface area contributed by atoms with E-state index in [4.69, 9.17) is 0 Å². The molecule has 4 rings (SSSR count). The van der Waals surface area contributed by atoms with Crippen molar-refractivity contribution < 1.29 is 9.59 Å². The SMILES string of the molecule is CCCCC1=C(c2ccccc2)C2(C(=O)CC(C)(C)CC2=O)c2ccccc21. The van der Waals surface area contributed by atoms with Crippen LogP contribution in [0.1, 0.15) is 69.6 Å². The van der Waals surface area contributed by atoms with Crippen LogP contribution in [0.5, 0.6) is 0 Å². The Labute approximate surface area is 167 Å². The van der Waals surface area contributed by atoms with Crippen LogP contribution in [0.3, 0.4) is 0 Å². The Kier molecular flexibility index (Phi) is 4.61. The molecule has 2 aromatic carbocycles. The molecule has 0 atom stereocenters. The summed E-state index contributed by atoms with van der Waals surface area (Å²) in [5.41, 5.74) is 3.74. The number of hydrogen-bond donors (Lipinski definition) is 0. The summed E-state index contributed by atoms with van der Waals surface area (Å²) in [6, 6.07) is 18.2. The van der Waals surface area contributed by atoms with Gasteiger partial charge in [0.25, 0.3) is 0 Å². The number of fused-ring (bicyclic) bond motifs is 2. The summed E-state index contributed by atoms with van der Waals surface area (Å²) < 4.78 is 0. The van der Waals surface area contributed by atoms with E-state index in [1.807, 2.05) is 50.2 Å². The number of allylic oxidation sites excluding steroid dienone is 2. The Morgan fingerprint density at radius 2 is 1.46 bits per heavy atom. The lowest BCUT2D eigenvalue weighted by atomic mass is 9.58. The molecule has 0 heterocycles. The fraction of sp³-hybridized carbons (Fsp3) is 0.385. The topological polar surface area (TPSA) is 34.1 Å². The lowest BCUT2D eigenvalue weighted by Gasteiger charge is -2.41. The van der Waals surface area contributed by atoms with Crippen molar-refractivity contribution in [1.82, 2.24) is 0 Å². The number of rotatable bonds is 4. The zero-order chi connectivity index (χ0) is 19.9. The summed E-state index contributed by atoms with van der Waals surface area (Å²) in [5.74, 6) is 0.123. The number of benzene rings is 2. The van der Waals surface area contributed by atoms with Crippen LogP contribution in [0, 0.1) is 5.41 Å². The van der Waals surface area contributed by atoms with Crippen LogP contribution in [-0.4, -0.2) is 11.6 Å². The van der Waals surface area contributed by atoms with Crippen LogP contribution >= 0.6 is 0 Å². The van der Waals surface area contributed by atoms with E-state index >= 15 is 0 Å². The summed E-state index contributed by atoms with van der Waals surface area (Å²) in [6.07, 6.45) is 3.89. The van der Waals surface area contributed by atoms with Crippen LogP contribution in [-0.2, 0) is 15.0 Å². The van der Waals surface area contributed by atoms with Crippen LogP contribution in [0.25, 0.3) is 11.1 Å². The minimum atomic E-state index is -1.13. The van der Waals surface area contributed by atoms with Gasteiger partial charge in [0.15, 0.2) is 11.6 Å². The van der Waals surface area contributed by atoms with Gasteiger partial charge in [-0.25, -0.2) is 0 Å². The van der Waals surface area contributed by atoms with Gasteiger partial charge in [0.2, 0.25) is 0 Å². The molecule has 2 nitrogen and oxygen atoms in total. The molecule has 2 heteroatoms. The van der Waals surface area contributed by atoms with Gasteiger partial charge in [0.1, 0.15) is 5.41 Å². The molecule has 1 fully saturated rings.